The van der Waals surface area contributed by atoms with E-state index in [0.717, 1.165) is 12.1 Å². The van der Waals surface area contributed by atoms with Crippen LogP contribution in [0.2, 0.25) is 0 Å². The smallest absolute Gasteiger partial charge is 0.143 e. The highest BCUT2D eigenvalue weighted by Gasteiger charge is 2.24. The zero-order valence-corrected chi connectivity index (χ0v) is 6.62. The van der Waals surface area contributed by atoms with Crippen LogP contribution in [0, 0.1) is 0 Å². The van der Waals surface area contributed by atoms with Crippen molar-refractivity contribution in [3.63, 3.8) is 0 Å². The van der Waals surface area contributed by atoms with Gasteiger partial charge in [-0.2, -0.15) is 0 Å². The Hall–Kier alpha value is -1.16. The first-order valence-electron chi connectivity index (χ1n) is 4.00. The van der Waals surface area contributed by atoms with Crippen LogP contribution >= 0.6 is 0 Å². The average Bonchev–Trinajstić information content (AvgIpc) is 2.57. The fourth-order valence-corrected chi connectivity index (χ4v) is 1.43. The van der Waals surface area contributed by atoms with Crippen molar-refractivity contribution >= 4 is 5.78 Å². The number of rotatable bonds is 1. The molecule has 2 heterocycles. The molecule has 64 valence electrons. The molecule has 0 saturated carbocycles. The van der Waals surface area contributed by atoms with Gasteiger partial charge in [0.05, 0.1) is 12.1 Å². The number of nitrogens with zero attached hydrogens (tertiary/aromatic N) is 1. The summed E-state index contributed by atoms with van der Waals surface area (Å²) in [6.45, 7) is 1.50. The minimum absolute atomic E-state index is 0.0509. The molecule has 1 aromatic heterocycles. The van der Waals surface area contributed by atoms with Gasteiger partial charge in [0.2, 0.25) is 0 Å². The van der Waals surface area contributed by atoms with Crippen LogP contribution in [0.5, 0.6) is 0 Å². The molecule has 4 nitrogen and oxygen atoms in total. The van der Waals surface area contributed by atoms with Gasteiger partial charge in [0.25, 0.3) is 0 Å². The maximum absolute atomic E-state index is 11.4. The van der Waals surface area contributed by atoms with Crippen molar-refractivity contribution in [2.24, 2.45) is 0 Å². The number of Topliss-reactive ketones (excluding diaryl/α,β-unsaturated/α-hetero) is 1. The van der Waals surface area contributed by atoms with E-state index in [2.05, 4.69) is 15.0 Å². The van der Waals surface area contributed by atoms with Gasteiger partial charge >= 0.3 is 0 Å². The van der Waals surface area contributed by atoms with E-state index in [-0.39, 0.29) is 11.7 Å². The van der Waals surface area contributed by atoms with Gasteiger partial charge in [-0.15, -0.1) is 0 Å². The summed E-state index contributed by atoms with van der Waals surface area (Å²) in [6, 6.07) is 0. The van der Waals surface area contributed by atoms with Gasteiger partial charge in [-0.05, 0) is 0 Å². The first-order chi connectivity index (χ1) is 5.88. The van der Waals surface area contributed by atoms with Crippen molar-refractivity contribution in [1.82, 2.24) is 10.5 Å². The Bertz CT molecular complexity index is 269. The van der Waals surface area contributed by atoms with E-state index >= 15 is 0 Å². The summed E-state index contributed by atoms with van der Waals surface area (Å²) >= 11 is 0. The highest BCUT2D eigenvalue weighted by molar-refractivity contribution is 5.86. The molecule has 1 fully saturated rings. The number of aromatic nitrogens is 1. The zero-order chi connectivity index (χ0) is 8.39. The lowest BCUT2D eigenvalue weighted by atomic mass is 9.93. The molecule has 1 atom stereocenters. The number of ketones is 1. The number of hydrogen-bond donors (Lipinski definition) is 1. The number of nitrogens with one attached hydrogen (secondary N) is 1. The molecule has 0 radical (unpaired) electrons. The Balaban J connectivity index is 2.17. The highest BCUT2D eigenvalue weighted by Crippen LogP contribution is 2.18. The fraction of sp³-hybridized carbons (Fsp3) is 0.500. The molecule has 1 aliphatic rings. The first-order valence-corrected chi connectivity index (χ1v) is 4.00. The minimum Gasteiger partial charge on any atom is -0.364 e. The Labute approximate surface area is 69.9 Å². The molecule has 12 heavy (non-hydrogen) atoms. The molecule has 1 aliphatic heterocycles. The summed E-state index contributed by atoms with van der Waals surface area (Å²) in [5.41, 5.74) is 0.882. The molecule has 0 aliphatic carbocycles. The summed E-state index contributed by atoms with van der Waals surface area (Å²) in [6.07, 6.45) is 3.75. The Morgan fingerprint density at radius 2 is 2.58 bits per heavy atom. The van der Waals surface area contributed by atoms with Crippen LogP contribution in [0.25, 0.3) is 0 Å². The molecule has 0 amide bonds. The second kappa shape index (κ2) is 3.06. The van der Waals surface area contributed by atoms with Crippen LogP contribution in [0.3, 0.4) is 0 Å². The third kappa shape index (κ3) is 1.25. The lowest BCUT2D eigenvalue weighted by molar-refractivity contribution is -0.121. The summed E-state index contributed by atoms with van der Waals surface area (Å²) in [7, 11) is 0. The number of carbonyl (C=O) groups is 1. The van der Waals surface area contributed by atoms with E-state index in [9.17, 15) is 4.79 Å². The molecule has 1 saturated heterocycles. The highest BCUT2D eigenvalue weighted by atomic mass is 16.5. The van der Waals surface area contributed by atoms with Crippen molar-refractivity contribution in [2.75, 3.05) is 13.1 Å². The molecular weight excluding hydrogens is 156 g/mol. The molecule has 0 bridgehead atoms. The standard InChI is InChI=1S/C8H10N2O2/c11-8-1-2-9-4-7(8)6-3-10-12-5-6/h3,5,7,9H,1-2,4H2. The molecule has 1 unspecified atom stereocenters. The molecular formula is C8H10N2O2. The maximum Gasteiger partial charge on any atom is 0.143 e. The Morgan fingerprint density at radius 1 is 1.67 bits per heavy atom. The van der Waals surface area contributed by atoms with Gasteiger partial charge in [0.1, 0.15) is 12.0 Å². The molecule has 1 N–H and O–H groups in total. The lowest BCUT2D eigenvalue weighted by Gasteiger charge is -2.19. The molecule has 0 spiro atoms. The summed E-state index contributed by atoms with van der Waals surface area (Å²) in [4.78, 5) is 11.4. The van der Waals surface area contributed by atoms with Crippen molar-refractivity contribution in [1.29, 1.82) is 0 Å². The van der Waals surface area contributed by atoms with Gasteiger partial charge in [-0.1, -0.05) is 5.16 Å². The lowest BCUT2D eigenvalue weighted by Crippen LogP contribution is -2.35. The second-order valence-electron chi connectivity index (χ2n) is 2.93. The van der Waals surface area contributed by atoms with E-state index in [1.165, 1.54) is 6.26 Å². The number of carbonyl (C=O) groups excluding carboxylic acids is 1. The maximum atomic E-state index is 11.4. The SMILES string of the molecule is O=C1CCNCC1c1cnoc1. The van der Waals surface area contributed by atoms with Gasteiger partial charge in [-0.3, -0.25) is 4.79 Å². The summed E-state index contributed by atoms with van der Waals surface area (Å²) < 4.78 is 4.69. The van der Waals surface area contributed by atoms with Gasteiger partial charge in [0.15, 0.2) is 0 Å². The third-order valence-corrected chi connectivity index (χ3v) is 2.14. The quantitative estimate of drug-likeness (QED) is 0.652. The van der Waals surface area contributed by atoms with Crippen molar-refractivity contribution in [2.45, 2.75) is 12.3 Å². The predicted octanol–water partition coefficient (Wildman–Crippen LogP) is 0.321. The van der Waals surface area contributed by atoms with Crippen LogP contribution in [-0.4, -0.2) is 24.0 Å². The van der Waals surface area contributed by atoms with Gasteiger partial charge < -0.3 is 9.84 Å². The van der Waals surface area contributed by atoms with Crippen LogP contribution < -0.4 is 5.32 Å². The summed E-state index contributed by atoms with van der Waals surface area (Å²) in [5, 5.41) is 6.74. The fourth-order valence-electron chi connectivity index (χ4n) is 1.43. The van der Waals surface area contributed by atoms with Gasteiger partial charge in [-0.25, -0.2) is 0 Å². The van der Waals surface area contributed by atoms with Crippen molar-refractivity contribution in [3.05, 3.63) is 18.0 Å². The minimum atomic E-state index is -0.0509. The summed E-state index contributed by atoms with van der Waals surface area (Å²) in [5.74, 6) is 0.224. The average molecular weight is 166 g/mol. The van der Waals surface area contributed by atoms with Crippen LogP contribution in [0.4, 0.5) is 0 Å². The van der Waals surface area contributed by atoms with Crippen molar-refractivity contribution in [3.8, 4) is 0 Å². The molecule has 1 aromatic rings. The van der Waals surface area contributed by atoms with E-state index in [1.54, 1.807) is 6.20 Å². The van der Waals surface area contributed by atoms with Crippen LogP contribution in [0.1, 0.15) is 17.9 Å². The van der Waals surface area contributed by atoms with Crippen LogP contribution in [-0.2, 0) is 4.79 Å². The van der Waals surface area contributed by atoms with Gasteiger partial charge in [0, 0.05) is 25.1 Å². The predicted molar refractivity (Wildman–Crippen MR) is 41.7 cm³/mol. The zero-order valence-electron chi connectivity index (χ0n) is 6.62. The van der Waals surface area contributed by atoms with E-state index < -0.39 is 0 Å². The molecule has 4 heteroatoms. The van der Waals surface area contributed by atoms with E-state index in [1.807, 2.05) is 0 Å². The normalized spacial score (nSPS) is 24.3. The molecule has 2 rings (SSSR count). The number of hydrogen-bond acceptors (Lipinski definition) is 4. The largest absolute Gasteiger partial charge is 0.364 e. The Kier molecular flexibility index (Phi) is 1.91. The van der Waals surface area contributed by atoms with E-state index in [0.29, 0.717) is 13.0 Å². The third-order valence-electron chi connectivity index (χ3n) is 2.14. The second-order valence-corrected chi connectivity index (χ2v) is 2.93. The Morgan fingerprint density at radius 3 is 3.25 bits per heavy atom. The monoisotopic (exact) mass is 166 g/mol. The number of piperidine rings is 1. The first kappa shape index (κ1) is 7.49. The molecule has 0 aromatic carbocycles. The van der Waals surface area contributed by atoms with Crippen LogP contribution in [0.15, 0.2) is 17.0 Å². The topological polar surface area (TPSA) is 55.1 Å². The van der Waals surface area contributed by atoms with Crippen molar-refractivity contribution < 1.29 is 9.32 Å². The van der Waals surface area contributed by atoms with E-state index in [4.69, 9.17) is 0 Å².